The topological polar surface area (TPSA) is 33.1 Å². The maximum atomic E-state index is 10.2. The molecule has 1 heterocycles. The van der Waals surface area contributed by atoms with Crippen molar-refractivity contribution in [1.29, 1.82) is 0 Å². The van der Waals surface area contributed by atoms with Crippen LogP contribution < -0.4 is 0 Å². The summed E-state index contributed by atoms with van der Waals surface area (Å²) in [6.07, 6.45) is 7.98. The van der Waals surface area contributed by atoms with Gasteiger partial charge in [-0.15, -0.1) is 0 Å². The van der Waals surface area contributed by atoms with Gasteiger partial charge in [-0.3, -0.25) is 4.98 Å². The summed E-state index contributed by atoms with van der Waals surface area (Å²) in [7, 11) is 0. The van der Waals surface area contributed by atoms with E-state index in [1.807, 2.05) is 12.4 Å². The van der Waals surface area contributed by atoms with Gasteiger partial charge in [0.05, 0.1) is 6.10 Å². The van der Waals surface area contributed by atoms with E-state index in [4.69, 9.17) is 0 Å². The number of aryl methyl sites for hydroxylation is 1. The Bertz CT molecular complexity index is 388. The first-order chi connectivity index (χ1) is 8.56. The fourth-order valence-electron chi connectivity index (χ4n) is 3.14. The van der Waals surface area contributed by atoms with E-state index >= 15 is 0 Å². The van der Waals surface area contributed by atoms with Crippen molar-refractivity contribution in [1.82, 2.24) is 4.98 Å². The molecule has 2 heteroatoms. The van der Waals surface area contributed by atoms with E-state index < -0.39 is 0 Å². The molecule has 0 radical (unpaired) electrons. The van der Waals surface area contributed by atoms with Crippen LogP contribution in [0.2, 0.25) is 0 Å². The normalized spacial score (nSPS) is 28.6. The lowest BCUT2D eigenvalue weighted by Crippen LogP contribution is -2.32. The molecule has 0 aromatic carbocycles. The van der Waals surface area contributed by atoms with E-state index in [1.54, 1.807) is 0 Å². The van der Waals surface area contributed by atoms with Crippen molar-refractivity contribution in [3.63, 3.8) is 0 Å². The molecular formula is C16H25NO. The van der Waals surface area contributed by atoms with Gasteiger partial charge in [0.25, 0.3) is 0 Å². The molecule has 1 aromatic heterocycles. The predicted octanol–water partition coefficient (Wildman–Crippen LogP) is 3.37. The van der Waals surface area contributed by atoms with Gasteiger partial charge in [-0.2, -0.15) is 0 Å². The number of hydrogen-bond donors (Lipinski definition) is 1. The Balaban J connectivity index is 2.02. The fraction of sp³-hybridized carbons (Fsp3) is 0.688. The van der Waals surface area contributed by atoms with Crippen molar-refractivity contribution in [2.24, 2.45) is 17.8 Å². The number of aliphatic hydroxyl groups is 1. The molecule has 1 aliphatic rings. The highest BCUT2D eigenvalue weighted by Gasteiger charge is 2.30. The maximum Gasteiger partial charge on any atom is 0.0571 e. The largest absolute Gasteiger partial charge is 0.393 e. The molecule has 2 rings (SSSR count). The zero-order valence-electron chi connectivity index (χ0n) is 11.8. The van der Waals surface area contributed by atoms with Crippen LogP contribution in [0.25, 0.3) is 0 Å². The van der Waals surface area contributed by atoms with Crippen LogP contribution in [0.4, 0.5) is 0 Å². The van der Waals surface area contributed by atoms with Crippen LogP contribution in [-0.4, -0.2) is 16.2 Å². The average molecular weight is 247 g/mol. The van der Waals surface area contributed by atoms with E-state index in [-0.39, 0.29) is 6.10 Å². The van der Waals surface area contributed by atoms with Gasteiger partial charge >= 0.3 is 0 Å². The van der Waals surface area contributed by atoms with E-state index in [0.717, 1.165) is 31.1 Å². The Hall–Kier alpha value is -0.890. The molecule has 18 heavy (non-hydrogen) atoms. The highest BCUT2D eigenvalue weighted by atomic mass is 16.3. The Morgan fingerprint density at radius 1 is 1.33 bits per heavy atom. The summed E-state index contributed by atoms with van der Waals surface area (Å²) < 4.78 is 0. The van der Waals surface area contributed by atoms with E-state index in [0.29, 0.717) is 5.92 Å². The summed E-state index contributed by atoms with van der Waals surface area (Å²) in [4.78, 5) is 4.25. The molecule has 1 aromatic rings. The van der Waals surface area contributed by atoms with Crippen molar-refractivity contribution in [2.45, 2.75) is 52.6 Å². The van der Waals surface area contributed by atoms with Gasteiger partial charge in [0.2, 0.25) is 0 Å². The number of pyridine rings is 1. The molecule has 0 amide bonds. The first-order valence-electron chi connectivity index (χ1n) is 7.15. The highest BCUT2D eigenvalue weighted by molar-refractivity contribution is 5.17. The molecule has 3 unspecified atom stereocenters. The van der Waals surface area contributed by atoms with Gasteiger partial charge in [-0.25, -0.2) is 0 Å². The van der Waals surface area contributed by atoms with Crippen LogP contribution in [0.5, 0.6) is 0 Å². The monoisotopic (exact) mass is 247 g/mol. The summed E-state index contributed by atoms with van der Waals surface area (Å²) in [5.41, 5.74) is 2.47. The van der Waals surface area contributed by atoms with Crippen molar-refractivity contribution in [3.05, 3.63) is 29.6 Å². The third kappa shape index (κ3) is 3.32. The van der Waals surface area contributed by atoms with Crippen molar-refractivity contribution in [3.8, 4) is 0 Å². The number of rotatable bonds is 3. The van der Waals surface area contributed by atoms with Crippen molar-refractivity contribution >= 4 is 0 Å². The quantitative estimate of drug-likeness (QED) is 0.888. The van der Waals surface area contributed by atoms with Gasteiger partial charge in [-0.05, 0) is 61.5 Å². The number of aliphatic hydroxyl groups excluding tert-OH is 1. The van der Waals surface area contributed by atoms with Crippen LogP contribution in [0.1, 0.15) is 44.2 Å². The Morgan fingerprint density at radius 2 is 2.11 bits per heavy atom. The lowest BCUT2D eigenvalue weighted by Gasteiger charge is -2.35. The SMILES string of the molecule is Cc1cncc(CC2CC(C(C)C)CCC2O)c1. The van der Waals surface area contributed by atoms with E-state index in [9.17, 15) is 5.11 Å². The Morgan fingerprint density at radius 3 is 2.78 bits per heavy atom. The molecule has 1 aliphatic carbocycles. The standard InChI is InChI=1S/C16H25NO/c1-11(2)14-4-5-16(18)15(8-14)7-13-6-12(3)9-17-10-13/h6,9-11,14-16,18H,4-5,7-8H2,1-3H3. The van der Waals surface area contributed by atoms with Gasteiger partial charge < -0.3 is 5.11 Å². The number of aromatic nitrogens is 1. The smallest absolute Gasteiger partial charge is 0.0571 e. The van der Waals surface area contributed by atoms with Crippen LogP contribution in [0.3, 0.4) is 0 Å². The maximum absolute atomic E-state index is 10.2. The second-order valence-corrected chi connectivity index (χ2v) is 6.22. The predicted molar refractivity (Wildman–Crippen MR) is 74.4 cm³/mol. The zero-order valence-corrected chi connectivity index (χ0v) is 11.8. The van der Waals surface area contributed by atoms with Crippen LogP contribution in [-0.2, 0) is 6.42 Å². The van der Waals surface area contributed by atoms with Gasteiger partial charge in [0.15, 0.2) is 0 Å². The van der Waals surface area contributed by atoms with Gasteiger partial charge in [0.1, 0.15) is 0 Å². The summed E-state index contributed by atoms with van der Waals surface area (Å²) in [5.74, 6) is 1.92. The van der Waals surface area contributed by atoms with Crippen LogP contribution in [0, 0.1) is 24.7 Å². The minimum atomic E-state index is -0.125. The lowest BCUT2D eigenvalue weighted by molar-refractivity contribution is 0.0378. The molecule has 0 saturated heterocycles. The summed E-state index contributed by atoms with van der Waals surface area (Å²) in [6, 6.07) is 2.19. The molecule has 2 nitrogen and oxygen atoms in total. The second kappa shape index (κ2) is 5.83. The highest BCUT2D eigenvalue weighted by Crippen LogP contribution is 2.35. The second-order valence-electron chi connectivity index (χ2n) is 6.22. The summed E-state index contributed by atoms with van der Waals surface area (Å²) >= 11 is 0. The molecule has 0 aliphatic heterocycles. The molecule has 3 atom stereocenters. The molecule has 1 saturated carbocycles. The van der Waals surface area contributed by atoms with E-state index in [1.165, 1.54) is 17.5 Å². The zero-order chi connectivity index (χ0) is 13.1. The minimum absolute atomic E-state index is 0.125. The molecule has 1 N–H and O–H groups in total. The summed E-state index contributed by atoms with van der Waals surface area (Å²) in [5, 5.41) is 10.2. The van der Waals surface area contributed by atoms with Crippen molar-refractivity contribution < 1.29 is 5.11 Å². The average Bonchev–Trinajstić information content (AvgIpc) is 2.31. The Labute approximate surface area is 110 Å². The first-order valence-corrected chi connectivity index (χ1v) is 7.15. The van der Waals surface area contributed by atoms with Gasteiger partial charge in [-0.1, -0.05) is 19.9 Å². The molecule has 100 valence electrons. The third-order valence-corrected chi connectivity index (χ3v) is 4.36. The van der Waals surface area contributed by atoms with Crippen LogP contribution in [0.15, 0.2) is 18.5 Å². The third-order valence-electron chi connectivity index (χ3n) is 4.36. The number of nitrogens with zero attached hydrogens (tertiary/aromatic N) is 1. The van der Waals surface area contributed by atoms with Crippen LogP contribution >= 0.6 is 0 Å². The summed E-state index contributed by atoms with van der Waals surface area (Å²) in [6.45, 7) is 6.67. The van der Waals surface area contributed by atoms with Gasteiger partial charge in [0, 0.05) is 12.4 Å². The first kappa shape index (κ1) is 13.5. The Kier molecular flexibility index (Phi) is 4.39. The molecule has 1 fully saturated rings. The minimum Gasteiger partial charge on any atom is -0.393 e. The fourth-order valence-corrected chi connectivity index (χ4v) is 3.14. The molecule has 0 bridgehead atoms. The van der Waals surface area contributed by atoms with Crippen molar-refractivity contribution in [2.75, 3.05) is 0 Å². The number of hydrogen-bond acceptors (Lipinski definition) is 2. The van der Waals surface area contributed by atoms with E-state index in [2.05, 4.69) is 31.8 Å². The molecule has 0 spiro atoms. The lowest BCUT2D eigenvalue weighted by atomic mass is 9.73. The molecular weight excluding hydrogens is 222 g/mol.